The molecule has 0 saturated carbocycles. The number of nitrogens with zero attached hydrogens (tertiary/aromatic N) is 2. The molecule has 1 aromatic carbocycles. The molecule has 0 spiro atoms. The summed E-state index contributed by atoms with van der Waals surface area (Å²) in [4.78, 5) is 41.6. The molecule has 2 heterocycles. The van der Waals surface area contributed by atoms with E-state index in [9.17, 15) is 19.5 Å². The van der Waals surface area contributed by atoms with Gasteiger partial charge in [-0.3, -0.25) is 14.4 Å². The summed E-state index contributed by atoms with van der Waals surface area (Å²) in [5.74, 6) is -0.949. The van der Waals surface area contributed by atoms with Gasteiger partial charge in [0.1, 0.15) is 0 Å². The van der Waals surface area contributed by atoms with Crippen molar-refractivity contribution >= 4 is 17.8 Å². The fraction of sp³-hybridized carbons (Fsp3) is 0.591. The average molecular weight is 386 g/mol. The molecular formula is C22H30N2O4. The van der Waals surface area contributed by atoms with Gasteiger partial charge in [-0.25, -0.2) is 0 Å². The van der Waals surface area contributed by atoms with Gasteiger partial charge in [-0.15, -0.1) is 0 Å². The number of hydrogen-bond donors (Lipinski definition) is 1. The van der Waals surface area contributed by atoms with Gasteiger partial charge in [0.15, 0.2) is 0 Å². The standard InChI is InChI=1S/C22H30N2O4/c1-16(2)22(20(27)28)11-13-24(15-22)19(26)21(3)10-7-12-23(14-21)18(25)17-8-5-4-6-9-17/h4-6,8-9,16H,7,10-15H2,1-3H3,(H,27,28). The lowest BCUT2D eigenvalue weighted by Crippen LogP contribution is -2.53. The molecule has 6 heteroatoms. The SMILES string of the molecule is CC(C)C1(C(=O)O)CCN(C(=O)C2(C)CCCN(C(=O)c3ccccc3)C2)C1. The van der Waals surface area contributed by atoms with E-state index >= 15 is 0 Å². The zero-order valence-electron chi connectivity index (χ0n) is 17.0. The van der Waals surface area contributed by atoms with Crippen molar-refractivity contribution in [2.24, 2.45) is 16.7 Å². The van der Waals surface area contributed by atoms with Gasteiger partial charge in [0, 0.05) is 31.7 Å². The van der Waals surface area contributed by atoms with Gasteiger partial charge in [0.05, 0.1) is 10.8 Å². The third-order valence-electron chi connectivity index (χ3n) is 6.64. The summed E-state index contributed by atoms with van der Waals surface area (Å²) in [5, 5.41) is 9.76. The van der Waals surface area contributed by atoms with Gasteiger partial charge < -0.3 is 14.9 Å². The molecule has 3 rings (SSSR count). The predicted molar refractivity (Wildman–Crippen MR) is 106 cm³/mol. The Kier molecular flexibility index (Phi) is 5.50. The number of amides is 2. The van der Waals surface area contributed by atoms with Crippen LogP contribution in [0.25, 0.3) is 0 Å². The average Bonchev–Trinajstić information content (AvgIpc) is 3.14. The molecule has 2 fully saturated rings. The van der Waals surface area contributed by atoms with Crippen LogP contribution in [0, 0.1) is 16.7 Å². The fourth-order valence-corrected chi connectivity index (χ4v) is 4.63. The maximum atomic E-state index is 13.4. The minimum atomic E-state index is -0.875. The molecule has 28 heavy (non-hydrogen) atoms. The Labute approximate surface area is 166 Å². The lowest BCUT2D eigenvalue weighted by atomic mass is 9.76. The van der Waals surface area contributed by atoms with Crippen molar-refractivity contribution in [3.05, 3.63) is 35.9 Å². The molecule has 1 aromatic rings. The van der Waals surface area contributed by atoms with Crippen molar-refractivity contribution in [1.29, 1.82) is 0 Å². The first kappa shape index (κ1) is 20.4. The van der Waals surface area contributed by atoms with Crippen LogP contribution in [0.4, 0.5) is 0 Å². The second kappa shape index (κ2) is 7.57. The highest BCUT2D eigenvalue weighted by molar-refractivity contribution is 5.95. The number of benzene rings is 1. The number of likely N-dealkylation sites (tertiary alicyclic amines) is 2. The maximum absolute atomic E-state index is 13.4. The lowest BCUT2D eigenvalue weighted by molar-refractivity contribution is -0.152. The number of carboxylic acid groups (broad SMARTS) is 1. The first-order valence-corrected chi connectivity index (χ1v) is 10.1. The van der Waals surface area contributed by atoms with E-state index in [1.165, 1.54) is 0 Å². The van der Waals surface area contributed by atoms with E-state index in [4.69, 9.17) is 0 Å². The molecule has 2 amide bonds. The van der Waals surface area contributed by atoms with E-state index < -0.39 is 16.8 Å². The molecule has 2 atom stereocenters. The number of hydrogen-bond acceptors (Lipinski definition) is 3. The lowest BCUT2D eigenvalue weighted by Gasteiger charge is -2.41. The summed E-state index contributed by atoms with van der Waals surface area (Å²) in [7, 11) is 0. The zero-order chi connectivity index (χ0) is 20.5. The highest BCUT2D eigenvalue weighted by Gasteiger charge is 2.51. The number of aliphatic carboxylic acids is 1. The van der Waals surface area contributed by atoms with E-state index in [0.717, 1.165) is 6.42 Å². The maximum Gasteiger partial charge on any atom is 0.311 e. The normalized spacial score (nSPS) is 27.9. The molecule has 2 aliphatic heterocycles. The van der Waals surface area contributed by atoms with Crippen LogP contribution in [0.3, 0.4) is 0 Å². The van der Waals surface area contributed by atoms with Crippen molar-refractivity contribution < 1.29 is 19.5 Å². The summed E-state index contributed by atoms with van der Waals surface area (Å²) < 4.78 is 0. The first-order valence-electron chi connectivity index (χ1n) is 10.1. The first-order chi connectivity index (χ1) is 13.2. The smallest absolute Gasteiger partial charge is 0.311 e. The third kappa shape index (κ3) is 3.52. The van der Waals surface area contributed by atoms with Gasteiger partial charge in [-0.2, -0.15) is 0 Å². The molecule has 0 aromatic heterocycles. The van der Waals surface area contributed by atoms with Crippen LogP contribution in [0.1, 0.15) is 50.4 Å². The molecule has 0 bridgehead atoms. The third-order valence-corrected chi connectivity index (χ3v) is 6.64. The van der Waals surface area contributed by atoms with Crippen molar-refractivity contribution in [2.75, 3.05) is 26.2 Å². The van der Waals surface area contributed by atoms with E-state index in [1.54, 1.807) is 21.9 Å². The van der Waals surface area contributed by atoms with Crippen LogP contribution in [-0.4, -0.2) is 58.9 Å². The minimum Gasteiger partial charge on any atom is -0.481 e. The van der Waals surface area contributed by atoms with E-state index in [-0.39, 0.29) is 24.3 Å². The Morgan fingerprint density at radius 1 is 1.00 bits per heavy atom. The van der Waals surface area contributed by atoms with Gasteiger partial charge in [0.2, 0.25) is 5.91 Å². The summed E-state index contributed by atoms with van der Waals surface area (Å²) in [6.45, 7) is 7.46. The van der Waals surface area contributed by atoms with Gasteiger partial charge in [-0.1, -0.05) is 32.0 Å². The number of carboxylic acids is 1. The van der Waals surface area contributed by atoms with Gasteiger partial charge >= 0.3 is 5.97 Å². The van der Waals surface area contributed by atoms with Crippen LogP contribution in [0.2, 0.25) is 0 Å². The monoisotopic (exact) mass is 386 g/mol. The molecular weight excluding hydrogens is 356 g/mol. The molecule has 0 aliphatic carbocycles. The van der Waals surface area contributed by atoms with Crippen LogP contribution < -0.4 is 0 Å². The molecule has 2 saturated heterocycles. The summed E-state index contributed by atoms with van der Waals surface area (Å²) in [6, 6.07) is 9.13. The van der Waals surface area contributed by atoms with Crippen LogP contribution in [-0.2, 0) is 9.59 Å². The Hall–Kier alpha value is -2.37. The van der Waals surface area contributed by atoms with Crippen molar-refractivity contribution in [1.82, 2.24) is 9.80 Å². The van der Waals surface area contributed by atoms with Crippen molar-refractivity contribution in [3.63, 3.8) is 0 Å². The summed E-state index contributed by atoms with van der Waals surface area (Å²) >= 11 is 0. The van der Waals surface area contributed by atoms with Gasteiger partial charge in [-0.05, 0) is 44.2 Å². The predicted octanol–water partition coefficient (Wildman–Crippen LogP) is 2.89. The Bertz CT molecular complexity index is 763. The summed E-state index contributed by atoms with van der Waals surface area (Å²) in [5.41, 5.74) is -0.917. The minimum absolute atomic E-state index is 0.0261. The Morgan fingerprint density at radius 3 is 2.25 bits per heavy atom. The molecule has 6 nitrogen and oxygen atoms in total. The molecule has 0 radical (unpaired) electrons. The fourth-order valence-electron chi connectivity index (χ4n) is 4.63. The zero-order valence-corrected chi connectivity index (χ0v) is 17.0. The van der Waals surface area contributed by atoms with E-state index in [2.05, 4.69) is 0 Å². The number of carbonyl (C=O) groups excluding carboxylic acids is 2. The molecule has 1 N–H and O–H groups in total. The van der Waals surface area contributed by atoms with Crippen molar-refractivity contribution in [2.45, 2.75) is 40.0 Å². The van der Waals surface area contributed by atoms with E-state index in [0.29, 0.717) is 38.0 Å². The van der Waals surface area contributed by atoms with Crippen LogP contribution >= 0.6 is 0 Å². The van der Waals surface area contributed by atoms with Crippen LogP contribution in [0.15, 0.2) is 30.3 Å². The molecule has 2 aliphatic rings. The highest BCUT2D eigenvalue weighted by atomic mass is 16.4. The van der Waals surface area contributed by atoms with E-state index in [1.807, 2.05) is 39.0 Å². The summed E-state index contributed by atoms with van der Waals surface area (Å²) in [6.07, 6.45) is 1.96. The largest absolute Gasteiger partial charge is 0.481 e. The number of carbonyl (C=O) groups is 3. The molecule has 152 valence electrons. The van der Waals surface area contributed by atoms with Crippen LogP contribution in [0.5, 0.6) is 0 Å². The Morgan fingerprint density at radius 2 is 1.68 bits per heavy atom. The number of rotatable bonds is 4. The Balaban J connectivity index is 1.74. The highest BCUT2D eigenvalue weighted by Crippen LogP contribution is 2.41. The number of piperidine rings is 1. The quantitative estimate of drug-likeness (QED) is 0.863. The topological polar surface area (TPSA) is 77.9 Å². The van der Waals surface area contributed by atoms with Gasteiger partial charge in [0.25, 0.3) is 5.91 Å². The molecule has 2 unspecified atom stereocenters. The second-order valence-corrected chi connectivity index (χ2v) is 8.85. The second-order valence-electron chi connectivity index (χ2n) is 8.85. The van der Waals surface area contributed by atoms with Crippen molar-refractivity contribution in [3.8, 4) is 0 Å².